The van der Waals surface area contributed by atoms with E-state index in [0.717, 1.165) is 70.5 Å². The minimum atomic E-state index is -1.35. The number of aromatic nitrogens is 15. The average molecular weight is 1660 g/mol. The number of fused-ring (bicyclic) bond motifs is 5. The van der Waals surface area contributed by atoms with Crippen LogP contribution in [-0.4, -0.2) is 193 Å². The number of rotatable bonds is 21. The van der Waals surface area contributed by atoms with Gasteiger partial charge < -0.3 is 78.7 Å². The normalized spacial score (nSPS) is 12.6. The molecule has 14 aromatic rings. The number of ether oxygens (including phenoxy) is 2. The first-order valence-corrected chi connectivity index (χ1v) is 40.6. The number of imidazole rings is 5. The van der Waals surface area contributed by atoms with Crippen LogP contribution in [0.5, 0.6) is 0 Å². The lowest BCUT2D eigenvalue weighted by Gasteiger charge is -2.31. The summed E-state index contributed by atoms with van der Waals surface area (Å²) in [6, 6.07) is 40.2. The fraction of sp³-hybridized carbons (Fsp3) is 0.341. The van der Waals surface area contributed by atoms with Gasteiger partial charge in [-0.05, 0) is 154 Å². The number of nitrogens with one attached hydrogen (secondary N) is 4. The van der Waals surface area contributed by atoms with E-state index in [-0.39, 0.29) is 65.9 Å². The highest BCUT2D eigenvalue weighted by atomic mass is 16.5. The summed E-state index contributed by atoms with van der Waals surface area (Å²) in [5.41, 5.74) is 16.6. The maximum Gasteiger partial charge on any atom is 0.488 e. The number of hydrogen-bond acceptors (Lipinski definition) is 21. The zero-order valence-corrected chi connectivity index (χ0v) is 69.9. The van der Waals surface area contributed by atoms with E-state index in [1.54, 1.807) is 95.1 Å². The summed E-state index contributed by atoms with van der Waals surface area (Å²) in [5, 5.41) is 29.2. The predicted molar refractivity (Wildman–Crippen MR) is 470 cm³/mol. The van der Waals surface area contributed by atoms with Gasteiger partial charge in [0.05, 0.1) is 72.4 Å². The zero-order valence-electron chi connectivity index (χ0n) is 69.9. The van der Waals surface area contributed by atoms with Gasteiger partial charge in [-0.3, -0.25) is 56.9 Å². The second-order valence-electron chi connectivity index (χ2n) is 29.7. The third kappa shape index (κ3) is 24.9. The summed E-state index contributed by atoms with van der Waals surface area (Å²) < 4.78 is 20.4. The average Bonchev–Trinajstić information content (AvgIpc) is 1.60. The molecular weight excluding hydrogens is 1560 g/mol. The zero-order chi connectivity index (χ0) is 87.4. The van der Waals surface area contributed by atoms with Gasteiger partial charge >= 0.3 is 25.0 Å². The Morgan fingerprint density at radius 3 is 1.25 bits per heavy atom. The molecule has 0 spiro atoms. The number of nitrogens with zero attached hydrogens (tertiary/aromatic N) is 14. The van der Waals surface area contributed by atoms with Crippen LogP contribution in [0.25, 0.3) is 72.2 Å². The van der Waals surface area contributed by atoms with Crippen molar-refractivity contribution in [2.24, 2.45) is 5.73 Å². The molecule has 33 nitrogen and oxygen atoms in total. The predicted octanol–water partition coefficient (Wildman–Crippen LogP) is 7.94. The van der Waals surface area contributed by atoms with E-state index < -0.39 is 19.1 Å². The molecule has 640 valence electrons. The molecule has 0 bridgehead atoms. The number of likely N-dealkylation sites (N-methyl/N-ethyl adjacent to an activating group) is 2. The molecule has 0 saturated heterocycles. The highest BCUT2D eigenvalue weighted by Crippen LogP contribution is 2.23. The highest BCUT2D eigenvalue weighted by Gasteiger charge is 2.22. The lowest BCUT2D eigenvalue weighted by Crippen LogP contribution is -2.40. The number of pyridine rings is 5. The summed E-state index contributed by atoms with van der Waals surface area (Å²) in [6.45, 7) is 15.1. The van der Waals surface area contributed by atoms with Crippen molar-refractivity contribution in [2.45, 2.75) is 144 Å². The van der Waals surface area contributed by atoms with Crippen molar-refractivity contribution in [1.29, 1.82) is 0 Å². The second kappa shape index (κ2) is 44.7. The minimum Gasteiger partial charge on any atom is -0.480 e. The Labute approximate surface area is 703 Å². The molecule has 4 aromatic carbocycles. The van der Waals surface area contributed by atoms with Crippen LogP contribution in [0.1, 0.15) is 100 Å². The molecule has 2 saturated carbocycles. The number of amides is 1. The van der Waals surface area contributed by atoms with Gasteiger partial charge in [-0.25, -0.2) is 24.9 Å². The number of aliphatic carboxylic acids is 1. The van der Waals surface area contributed by atoms with Crippen LogP contribution in [0.2, 0.25) is 0 Å². The molecule has 2 fully saturated rings. The number of benzene rings is 4. The smallest absolute Gasteiger partial charge is 0.480 e. The fourth-order valence-corrected chi connectivity index (χ4v) is 14.1. The van der Waals surface area contributed by atoms with Crippen molar-refractivity contribution in [3.63, 3.8) is 0 Å². The lowest BCUT2D eigenvalue weighted by atomic mass is 9.80. The number of aryl methyl sites for hydroxylation is 4. The largest absolute Gasteiger partial charge is 0.488 e. The van der Waals surface area contributed by atoms with Crippen LogP contribution in [0.3, 0.4) is 0 Å². The quantitative estimate of drug-likeness (QED) is 0.0250. The maximum atomic E-state index is 13.1. The molecular formula is C88H106BN19O14. The van der Waals surface area contributed by atoms with Gasteiger partial charge in [0.2, 0.25) is 5.91 Å². The van der Waals surface area contributed by atoms with Gasteiger partial charge in [0.25, 0.3) is 27.8 Å². The number of carbonyl (C=O) groups excluding carboxylic acids is 3. The number of carbonyl (C=O) groups is 4. The van der Waals surface area contributed by atoms with Crippen molar-refractivity contribution >= 4 is 91.6 Å². The van der Waals surface area contributed by atoms with E-state index >= 15 is 0 Å². The van der Waals surface area contributed by atoms with E-state index in [2.05, 4.69) is 69.1 Å². The first-order valence-electron chi connectivity index (χ1n) is 40.6. The summed E-state index contributed by atoms with van der Waals surface area (Å²) in [4.78, 5) is 140. The number of carboxylic acids is 1. The van der Waals surface area contributed by atoms with Crippen molar-refractivity contribution in [3.8, 4) is 17.1 Å². The summed E-state index contributed by atoms with van der Waals surface area (Å²) >= 11 is 0. The first kappa shape index (κ1) is 91.0. The first-order chi connectivity index (χ1) is 58.8. The summed E-state index contributed by atoms with van der Waals surface area (Å²) in [7, 11) is 2.99. The van der Waals surface area contributed by atoms with Gasteiger partial charge in [-0.1, -0.05) is 121 Å². The molecule has 9 N–H and O–H groups in total. The minimum absolute atomic E-state index is 0.00255. The van der Waals surface area contributed by atoms with Gasteiger partial charge in [0, 0.05) is 86.3 Å². The maximum absolute atomic E-state index is 13.1. The SMILES string of the molecule is CCOC(=O)Cn1cnc2cc[nH]c(=O)c21.CCOC(=O)Cn1cnc2ccn(-c3ccc(C)cc3)c(=O)c21.CN(CCN)C1CCCCC1.Cc1ccc(-n2ccc3ncn(CC(=O)NCCN(C)C4CCCCC4)c3c2=O)cc1.Cc1ccc(-n2ccc3ncn(CC(=O)O)c3c2=O)cc1.Cc1ccc(B(O)O)cc1.O=c1[nH]ccc2[nH]cnc12. The number of hydrogen-bond donors (Lipinski definition) is 8. The molecule has 0 aliphatic heterocycles. The highest BCUT2D eigenvalue weighted by molar-refractivity contribution is 6.58. The van der Waals surface area contributed by atoms with Gasteiger partial charge in [-0.15, -0.1) is 0 Å². The van der Waals surface area contributed by atoms with Gasteiger partial charge in [0.1, 0.15) is 48.2 Å². The Morgan fingerprint density at radius 2 is 0.852 bits per heavy atom. The molecule has 0 atom stereocenters. The monoisotopic (exact) mass is 1660 g/mol. The van der Waals surface area contributed by atoms with E-state index in [1.807, 2.05) is 119 Å². The van der Waals surface area contributed by atoms with E-state index in [0.29, 0.717) is 80.9 Å². The fourth-order valence-electron chi connectivity index (χ4n) is 14.1. The number of nitrogens with two attached hydrogens (primary N) is 1. The van der Waals surface area contributed by atoms with Crippen molar-refractivity contribution in [2.75, 3.05) is 53.5 Å². The summed E-state index contributed by atoms with van der Waals surface area (Å²) in [5.74, 6) is -1.90. The third-order valence-electron chi connectivity index (χ3n) is 20.7. The Kier molecular flexibility index (Phi) is 33.3. The molecule has 0 unspecified atom stereocenters. The van der Waals surface area contributed by atoms with Crippen LogP contribution in [0.4, 0.5) is 0 Å². The molecule has 16 rings (SSSR count). The third-order valence-corrected chi connectivity index (χ3v) is 20.7. The van der Waals surface area contributed by atoms with E-state index in [1.165, 1.54) is 114 Å². The van der Waals surface area contributed by atoms with Crippen molar-refractivity contribution in [3.05, 3.63) is 264 Å². The molecule has 2 aliphatic rings. The van der Waals surface area contributed by atoms with Crippen LogP contribution in [-0.2, 0) is 54.8 Å². The molecule has 34 heteroatoms. The molecule has 1 amide bonds. The number of aromatic amines is 3. The standard InChI is InChI=1S/C24H31N5O2.C17H17N3O3.C15H13N3O3.C10H11N3O3.C9H20N2.C7H9BO2.C6H5N3O/c1-18-8-10-20(11-9-18)29-14-12-21-23(24(29)31)28(17-26-21)16-22(30)25-13-15-27(2)19-6-4-3-5-7-19;1-3-23-15(21)10-19-11-18-14-8-9-20(17(22)16(14)19)13-6-4-12(2)5-7-13;1-10-2-4-11(5-3-10)18-7-6-12-14(15(18)21)17(9-16-12)8-13(19)20;1-2-16-8(14)5-13-6-12-7-3-4-11-10(15)9(7)13;1-11(8-7-10)9-5-3-2-4-6-9;1-6-2-4-7(5-3-6)8(9)10;10-6-5-4(1-2-7-6)8-3-9-5/h8-12,14,17,19H,3-7,13,15-16H2,1-2H3,(H,25,30);4-9,11H,3,10H2,1-2H3;2-7,9H,8H2,1H3,(H,19,20);3-4,6H,2,5H2,1H3,(H,11,15);9H,2-8,10H2,1H3;2-5,9-10H,1H3;1-3H,(H,7,10)(H,8,9). The lowest BCUT2D eigenvalue weighted by molar-refractivity contribution is -0.144. The van der Waals surface area contributed by atoms with E-state index in [4.69, 9.17) is 30.4 Å². The number of esters is 2. The van der Waals surface area contributed by atoms with Crippen LogP contribution in [0.15, 0.2) is 214 Å². The molecule has 10 heterocycles. The van der Waals surface area contributed by atoms with Crippen LogP contribution >= 0.6 is 0 Å². The Balaban J connectivity index is 0.000000155. The summed E-state index contributed by atoms with van der Waals surface area (Å²) in [6.07, 6.45) is 29.0. The second-order valence-corrected chi connectivity index (χ2v) is 29.7. The number of H-pyrrole nitrogens is 3. The Hall–Kier alpha value is -13.3. The van der Waals surface area contributed by atoms with Crippen molar-refractivity contribution in [1.82, 2.24) is 87.0 Å². The molecule has 10 aromatic heterocycles. The molecule has 122 heavy (non-hydrogen) atoms. The van der Waals surface area contributed by atoms with Gasteiger partial charge in [0.15, 0.2) is 5.52 Å². The topological polar surface area (TPSA) is 424 Å². The van der Waals surface area contributed by atoms with E-state index in [9.17, 15) is 43.2 Å². The van der Waals surface area contributed by atoms with Crippen LogP contribution in [0, 0.1) is 27.7 Å². The Morgan fingerprint density at radius 1 is 0.475 bits per heavy atom. The van der Waals surface area contributed by atoms with Crippen LogP contribution < -0.4 is 44.3 Å². The molecule has 0 radical (unpaired) electrons. The molecule has 2 aliphatic carbocycles. The van der Waals surface area contributed by atoms with Crippen molar-refractivity contribution < 1.29 is 43.8 Å². The Bertz CT molecular complexity index is 6090. The van der Waals surface area contributed by atoms with Gasteiger partial charge in [-0.2, -0.15) is 0 Å². The number of carboxylic acid groups (broad SMARTS) is 1.